The first kappa shape index (κ1) is 19.8. The number of halogens is 1. The molecule has 158 valence electrons. The van der Waals surface area contributed by atoms with Crippen LogP contribution in [0.3, 0.4) is 0 Å². The van der Waals surface area contributed by atoms with Gasteiger partial charge in [0, 0.05) is 49.5 Å². The molecule has 31 heavy (non-hydrogen) atoms. The lowest BCUT2D eigenvalue weighted by Gasteiger charge is -2.36. The molecule has 2 aromatic heterocycles. The first-order chi connectivity index (χ1) is 15.2. The average molecular weight is 435 g/mol. The van der Waals surface area contributed by atoms with Crippen molar-refractivity contribution in [1.29, 1.82) is 0 Å². The summed E-state index contributed by atoms with van der Waals surface area (Å²) in [4.78, 5) is 31.2. The minimum atomic E-state index is 0.101. The van der Waals surface area contributed by atoms with Gasteiger partial charge < -0.3 is 15.1 Å². The molecule has 0 radical (unpaired) electrons. The number of hydrogen-bond donors (Lipinski definition) is 1. The van der Waals surface area contributed by atoms with Gasteiger partial charge in [0.05, 0.1) is 11.3 Å². The van der Waals surface area contributed by atoms with E-state index in [4.69, 9.17) is 21.6 Å². The lowest BCUT2D eigenvalue weighted by atomic mass is 9.95. The Bertz CT molecular complexity index is 1080. The molecule has 7 nitrogen and oxygen atoms in total. The lowest BCUT2D eigenvalue weighted by molar-refractivity contribution is 0.0972. The van der Waals surface area contributed by atoms with E-state index in [0.717, 1.165) is 56.2 Å². The monoisotopic (exact) mass is 434 g/mol. The molecule has 1 aliphatic heterocycles. The van der Waals surface area contributed by atoms with Crippen molar-refractivity contribution in [3.05, 3.63) is 64.9 Å². The van der Waals surface area contributed by atoms with E-state index in [1.807, 2.05) is 48.7 Å². The fourth-order valence-corrected chi connectivity index (χ4v) is 4.21. The molecule has 3 heterocycles. The Morgan fingerprint density at radius 3 is 2.42 bits per heavy atom. The SMILES string of the molecule is O=C1CCCc2nc(N3CCN(c4ccccn4)CC3)nc(Nc3ccc(Cl)cc3)c21. The van der Waals surface area contributed by atoms with Crippen molar-refractivity contribution < 1.29 is 4.79 Å². The predicted molar refractivity (Wildman–Crippen MR) is 123 cm³/mol. The molecule has 0 spiro atoms. The minimum absolute atomic E-state index is 0.101. The van der Waals surface area contributed by atoms with Crippen molar-refractivity contribution in [1.82, 2.24) is 15.0 Å². The summed E-state index contributed by atoms with van der Waals surface area (Å²) < 4.78 is 0. The average Bonchev–Trinajstić information content (AvgIpc) is 2.81. The van der Waals surface area contributed by atoms with E-state index in [1.54, 1.807) is 0 Å². The number of aryl methyl sites for hydroxylation is 1. The van der Waals surface area contributed by atoms with E-state index >= 15 is 0 Å². The maximum atomic E-state index is 12.7. The number of benzene rings is 1. The highest BCUT2D eigenvalue weighted by molar-refractivity contribution is 6.30. The van der Waals surface area contributed by atoms with Crippen molar-refractivity contribution in [2.75, 3.05) is 41.3 Å². The highest BCUT2D eigenvalue weighted by atomic mass is 35.5. The zero-order valence-corrected chi connectivity index (χ0v) is 17.8. The van der Waals surface area contributed by atoms with Crippen LogP contribution in [-0.2, 0) is 6.42 Å². The second kappa shape index (κ2) is 8.51. The van der Waals surface area contributed by atoms with Gasteiger partial charge in [-0.2, -0.15) is 4.98 Å². The number of aromatic nitrogens is 3. The van der Waals surface area contributed by atoms with E-state index in [2.05, 4.69) is 20.1 Å². The van der Waals surface area contributed by atoms with Crippen molar-refractivity contribution in [2.24, 2.45) is 0 Å². The molecule has 0 unspecified atom stereocenters. The summed E-state index contributed by atoms with van der Waals surface area (Å²) in [5, 5.41) is 3.99. The molecule has 0 bridgehead atoms. The summed E-state index contributed by atoms with van der Waals surface area (Å²) in [7, 11) is 0. The van der Waals surface area contributed by atoms with Crippen LogP contribution in [-0.4, -0.2) is 46.9 Å². The molecular weight excluding hydrogens is 412 g/mol. The fourth-order valence-electron chi connectivity index (χ4n) is 4.09. The molecule has 1 aliphatic carbocycles. The van der Waals surface area contributed by atoms with Gasteiger partial charge in [-0.15, -0.1) is 0 Å². The van der Waals surface area contributed by atoms with Crippen LogP contribution in [0.4, 0.5) is 23.3 Å². The second-order valence-corrected chi connectivity index (χ2v) is 8.20. The molecule has 0 amide bonds. The maximum absolute atomic E-state index is 12.7. The van der Waals surface area contributed by atoms with Gasteiger partial charge in [0.1, 0.15) is 11.6 Å². The van der Waals surface area contributed by atoms with Crippen LogP contribution in [0.25, 0.3) is 0 Å². The standard InChI is InChI=1S/C23H23ClN6O/c24-16-7-9-17(10-8-16)26-22-21-18(4-3-5-19(21)31)27-23(28-22)30-14-12-29(13-15-30)20-6-1-2-11-25-20/h1-2,6-11H,3-5,12-15H2,(H,26,27,28). The number of nitrogens with zero attached hydrogens (tertiary/aromatic N) is 5. The van der Waals surface area contributed by atoms with Gasteiger partial charge >= 0.3 is 0 Å². The minimum Gasteiger partial charge on any atom is -0.353 e. The van der Waals surface area contributed by atoms with Crippen molar-refractivity contribution in [2.45, 2.75) is 19.3 Å². The first-order valence-electron chi connectivity index (χ1n) is 10.5. The Hall–Kier alpha value is -3.19. The van der Waals surface area contributed by atoms with Crippen molar-refractivity contribution >= 4 is 40.7 Å². The van der Waals surface area contributed by atoms with Gasteiger partial charge in [-0.25, -0.2) is 9.97 Å². The topological polar surface area (TPSA) is 74.2 Å². The smallest absolute Gasteiger partial charge is 0.227 e. The molecule has 1 saturated heterocycles. The summed E-state index contributed by atoms with van der Waals surface area (Å²) >= 11 is 6.01. The third kappa shape index (κ3) is 4.18. The number of piperazine rings is 1. The summed E-state index contributed by atoms with van der Waals surface area (Å²) in [6.45, 7) is 3.28. The molecule has 1 N–H and O–H groups in total. The van der Waals surface area contributed by atoms with Crippen LogP contribution in [0.1, 0.15) is 28.9 Å². The highest BCUT2D eigenvalue weighted by Gasteiger charge is 2.27. The fraction of sp³-hybridized carbons (Fsp3) is 0.304. The summed E-state index contributed by atoms with van der Waals surface area (Å²) in [6.07, 6.45) is 3.98. The van der Waals surface area contributed by atoms with Crippen LogP contribution in [0.5, 0.6) is 0 Å². The van der Waals surface area contributed by atoms with E-state index in [1.165, 1.54) is 0 Å². The first-order valence-corrected chi connectivity index (χ1v) is 10.9. The third-order valence-corrected chi connectivity index (χ3v) is 5.96. The van der Waals surface area contributed by atoms with E-state index < -0.39 is 0 Å². The van der Waals surface area contributed by atoms with Gasteiger partial charge in [0.2, 0.25) is 5.95 Å². The molecule has 1 aromatic carbocycles. The molecule has 2 aliphatic rings. The number of pyridine rings is 1. The molecule has 3 aromatic rings. The molecule has 8 heteroatoms. The van der Waals surface area contributed by atoms with Crippen molar-refractivity contribution in [3.8, 4) is 0 Å². The van der Waals surface area contributed by atoms with Gasteiger partial charge in [-0.1, -0.05) is 17.7 Å². The number of ketones is 1. The Kier molecular flexibility index (Phi) is 5.42. The third-order valence-electron chi connectivity index (χ3n) is 5.71. The zero-order valence-electron chi connectivity index (χ0n) is 17.1. The molecular formula is C23H23ClN6O. The van der Waals surface area contributed by atoms with Crippen LogP contribution >= 0.6 is 11.6 Å². The Morgan fingerprint density at radius 1 is 0.903 bits per heavy atom. The van der Waals surface area contributed by atoms with Crippen molar-refractivity contribution in [3.63, 3.8) is 0 Å². The normalized spacial score (nSPS) is 16.2. The summed E-state index contributed by atoms with van der Waals surface area (Å²) in [5.41, 5.74) is 2.30. The summed E-state index contributed by atoms with van der Waals surface area (Å²) in [6, 6.07) is 13.4. The van der Waals surface area contributed by atoms with E-state index in [0.29, 0.717) is 28.8 Å². The lowest BCUT2D eigenvalue weighted by Crippen LogP contribution is -2.47. The largest absolute Gasteiger partial charge is 0.353 e. The summed E-state index contributed by atoms with van der Waals surface area (Å²) in [5.74, 6) is 2.35. The van der Waals surface area contributed by atoms with Gasteiger partial charge in [-0.3, -0.25) is 4.79 Å². The highest BCUT2D eigenvalue weighted by Crippen LogP contribution is 2.30. The quantitative estimate of drug-likeness (QED) is 0.662. The number of fused-ring (bicyclic) bond motifs is 1. The maximum Gasteiger partial charge on any atom is 0.227 e. The molecule has 0 atom stereocenters. The molecule has 0 saturated carbocycles. The number of nitrogens with one attached hydrogen (secondary N) is 1. The van der Waals surface area contributed by atoms with Crippen LogP contribution < -0.4 is 15.1 Å². The van der Waals surface area contributed by atoms with E-state index in [-0.39, 0.29) is 5.78 Å². The molecule has 5 rings (SSSR count). The Morgan fingerprint density at radius 2 is 1.68 bits per heavy atom. The second-order valence-electron chi connectivity index (χ2n) is 7.76. The van der Waals surface area contributed by atoms with Crippen LogP contribution in [0.2, 0.25) is 5.02 Å². The number of carbonyl (C=O) groups is 1. The number of anilines is 4. The van der Waals surface area contributed by atoms with Gasteiger partial charge in [0.15, 0.2) is 5.78 Å². The number of Topliss-reactive ketones (excluding diaryl/α,β-unsaturated/α-hetero) is 1. The number of rotatable bonds is 4. The number of carbonyl (C=O) groups excluding carboxylic acids is 1. The van der Waals surface area contributed by atoms with Gasteiger partial charge in [0.25, 0.3) is 0 Å². The van der Waals surface area contributed by atoms with E-state index in [9.17, 15) is 4.79 Å². The zero-order chi connectivity index (χ0) is 21.2. The Labute approximate surface area is 186 Å². The van der Waals surface area contributed by atoms with Crippen LogP contribution in [0, 0.1) is 0 Å². The molecule has 1 fully saturated rings. The van der Waals surface area contributed by atoms with Gasteiger partial charge in [-0.05, 0) is 49.2 Å². The predicted octanol–water partition coefficient (Wildman–Crippen LogP) is 4.11. The van der Waals surface area contributed by atoms with Crippen LogP contribution in [0.15, 0.2) is 48.7 Å². The number of hydrogen-bond acceptors (Lipinski definition) is 7. The Balaban J connectivity index is 1.41.